The van der Waals surface area contributed by atoms with Crippen LogP contribution in [-0.2, 0) is 4.74 Å². The largest absolute Gasteiger partial charge is 0.508 e. The lowest BCUT2D eigenvalue weighted by atomic mass is 10.2. The Balaban J connectivity index is 1.70. The van der Waals surface area contributed by atoms with Crippen molar-refractivity contribution in [2.75, 3.05) is 19.6 Å². The van der Waals surface area contributed by atoms with E-state index >= 15 is 0 Å². The monoisotopic (exact) mass is 366 g/mol. The van der Waals surface area contributed by atoms with E-state index in [-0.39, 0.29) is 17.9 Å². The van der Waals surface area contributed by atoms with Crippen molar-refractivity contribution >= 4 is 18.0 Å². The fraction of sp³-hybridized carbons (Fsp3) is 0.632. The van der Waals surface area contributed by atoms with Crippen LogP contribution in [0.5, 0.6) is 5.75 Å². The van der Waals surface area contributed by atoms with Crippen molar-refractivity contribution < 1.29 is 14.6 Å². The first-order chi connectivity index (χ1) is 12.0. The quantitative estimate of drug-likeness (QED) is 0.500. The van der Waals surface area contributed by atoms with E-state index in [0.29, 0.717) is 12.5 Å². The summed E-state index contributed by atoms with van der Waals surface area (Å²) in [6.07, 6.45) is 4.99. The molecule has 0 atom stereocenters. The minimum absolute atomic E-state index is 0.110. The van der Waals surface area contributed by atoms with Crippen LogP contribution in [0.15, 0.2) is 29.2 Å². The smallest absolute Gasteiger partial charge is 0.407 e. The highest BCUT2D eigenvalue weighted by Gasteiger charge is 2.18. The second-order valence-corrected chi connectivity index (χ2v) is 8.13. The molecule has 0 radical (unpaired) electrons. The molecule has 0 unspecified atom stereocenters. The maximum Gasteiger partial charge on any atom is 0.407 e. The van der Waals surface area contributed by atoms with Gasteiger partial charge in [-0.1, -0.05) is 19.9 Å². The van der Waals surface area contributed by atoms with Crippen molar-refractivity contribution in [3.63, 3.8) is 0 Å². The molecule has 5 nitrogen and oxygen atoms in total. The van der Waals surface area contributed by atoms with Crippen LogP contribution in [0.2, 0.25) is 0 Å². The summed E-state index contributed by atoms with van der Waals surface area (Å²) in [4.78, 5) is 12.8. The Bertz CT molecular complexity index is 533. The van der Waals surface area contributed by atoms with Gasteiger partial charge in [0, 0.05) is 24.5 Å². The van der Waals surface area contributed by atoms with E-state index < -0.39 is 0 Å². The molecule has 0 heterocycles. The van der Waals surface area contributed by atoms with Gasteiger partial charge in [-0.2, -0.15) is 0 Å². The number of phenols is 1. The molecule has 1 amide bonds. The highest BCUT2D eigenvalue weighted by Crippen LogP contribution is 2.26. The molecular formula is C19H30N2O3S. The van der Waals surface area contributed by atoms with E-state index in [0.717, 1.165) is 50.1 Å². The van der Waals surface area contributed by atoms with Gasteiger partial charge in [0.05, 0.1) is 0 Å². The zero-order valence-electron chi connectivity index (χ0n) is 15.2. The predicted octanol–water partition coefficient (Wildman–Crippen LogP) is 4.42. The summed E-state index contributed by atoms with van der Waals surface area (Å²) >= 11 is 1.65. The third-order valence-corrected chi connectivity index (χ3v) is 5.11. The van der Waals surface area contributed by atoms with E-state index in [1.165, 1.54) is 0 Å². The van der Waals surface area contributed by atoms with Crippen LogP contribution in [0.3, 0.4) is 0 Å². The second kappa shape index (κ2) is 10.6. The van der Waals surface area contributed by atoms with E-state index in [4.69, 9.17) is 4.74 Å². The van der Waals surface area contributed by atoms with Gasteiger partial charge in [-0.3, -0.25) is 0 Å². The molecule has 0 spiro atoms. The number of benzene rings is 1. The van der Waals surface area contributed by atoms with Gasteiger partial charge < -0.3 is 15.2 Å². The number of hydrogen-bond acceptors (Lipinski definition) is 5. The standard InChI is InChI=1S/C19H30N2O3S/c1-15(2)14-21(25-18-10-5-7-16(22)13-18)12-6-11-20-19(23)24-17-8-3-4-9-17/h5,7,10,13,15,17,22H,3-4,6,8-9,11-12,14H2,1-2H3,(H,20,23). The topological polar surface area (TPSA) is 61.8 Å². The number of rotatable bonds is 9. The first-order valence-electron chi connectivity index (χ1n) is 9.19. The van der Waals surface area contributed by atoms with Crippen LogP contribution in [0.1, 0.15) is 46.0 Å². The van der Waals surface area contributed by atoms with Crippen molar-refractivity contribution in [1.29, 1.82) is 0 Å². The summed E-state index contributed by atoms with van der Waals surface area (Å²) in [5.41, 5.74) is 0. The fourth-order valence-corrected chi connectivity index (χ4v) is 4.12. The van der Waals surface area contributed by atoms with Gasteiger partial charge in [0.15, 0.2) is 0 Å². The predicted molar refractivity (Wildman–Crippen MR) is 102 cm³/mol. The molecule has 0 saturated heterocycles. The highest BCUT2D eigenvalue weighted by atomic mass is 32.2. The Morgan fingerprint density at radius 3 is 2.84 bits per heavy atom. The zero-order valence-corrected chi connectivity index (χ0v) is 16.1. The molecule has 140 valence electrons. The molecule has 1 aliphatic rings. The van der Waals surface area contributed by atoms with Crippen LogP contribution in [-0.4, -0.2) is 41.2 Å². The number of nitrogens with zero attached hydrogens (tertiary/aromatic N) is 1. The van der Waals surface area contributed by atoms with Crippen molar-refractivity contribution in [2.24, 2.45) is 5.92 Å². The summed E-state index contributed by atoms with van der Waals surface area (Å²) in [5, 5.41) is 12.5. The van der Waals surface area contributed by atoms with Gasteiger partial charge in [-0.15, -0.1) is 0 Å². The third kappa shape index (κ3) is 8.01. The first kappa shape index (κ1) is 19.9. The molecule has 1 aliphatic carbocycles. The van der Waals surface area contributed by atoms with Gasteiger partial charge >= 0.3 is 6.09 Å². The van der Waals surface area contributed by atoms with Gasteiger partial charge in [-0.25, -0.2) is 9.10 Å². The molecule has 1 aromatic rings. The molecule has 0 aliphatic heterocycles. The van der Waals surface area contributed by atoms with E-state index in [1.807, 2.05) is 12.1 Å². The summed E-state index contributed by atoms with van der Waals surface area (Å²) < 4.78 is 7.68. The number of alkyl carbamates (subject to hydrolysis) is 1. The van der Waals surface area contributed by atoms with Crippen molar-refractivity contribution in [3.05, 3.63) is 24.3 Å². The van der Waals surface area contributed by atoms with E-state index in [1.54, 1.807) is 24.1 Å². The lowest BCUT2D eigenvalue weighted by Gasteiger charge is -2.23. The average molecular weight is 367 g/mol. The minimum Gasteiger partial charge on any atom is -0.508 e. The summed E-state index contributed by atoms with van der Waals surface area (Å²) in [6, 6.07) is 7.30. The van der Waals surface area contributed by atoms with E-state index in [9.17, 15) is 9.90 Å². The summed E-state index contributed by atoms with van der Waals surface area (Å²) in [5.74, 6) is 0.830. The Morgan fingerprint density at radius 1 is 1.40 bits per heavy atom. The Labute approximate surface area is 155 Å². The SMILES string of the molecule is CC(C)CN(CCCNC(=O)OC1CCCC1)Sc1cccc(O)c1. The molecule has 2 rings (SSSR count). The number of hydrogen-bond donors (Lipinski definition) is 2. The van der Waals surface area contributed by atoms with Gasteiger partial charge in [0.25, 0.3) is 0 Å². The number of nitrogens with one attached hydrogen (secondary N) is 1. The summed E-state index contributed by atoms with van der Waals surface area (Å²) in [7, 11) is 0. The molecule has 25 heavy (non-hydrogen) atoms. The number of carbonyl (C=O) groups is 1. The number of ether oxygens (including phenoxy) is 1. The minimum atomic E-state index is -0.289. The van der Waals surface area contributed by atoms with Crippen molar-refractivity contribution in [2.45, 2.75) is 57.0 Å². The number of aromatic hydroxyl groups is 1. The second-order valence-electron chi connectivity index (χ2n) is 6.96. The van der Waals surface area contributed by atoms with Crippen LogP contribution < -0.4 is 5.32 Å². The molecule has 2 N–H and O–H groups in total. The molecule has 0 aromatic heterocycles. The summed E-state index contributed by atoms with van der Waals surface area (Å²) in [6.45, 7) is 6.80. The third-order valence-electron chi connectivity index (χ3n) is 4.05. The lowest BCUT2D eigenvalue weighted by molar-refractivity contribution is 0.101. The Morgan fingerprint density at radius 2 is 2.16 bits per heavy atom. The molecule has 1 saturated carbocycles. The van der Waals surface area contributed by atoms with Gasteiger partial charge in [0.1, 0.15) is 11.9 Å². The van der Waals surface area contributed by atoms with Crippen LogP contribution in [0.25, 0.3) is 0 Å². The molecule has 0 bridgehead atoms. The number of phenolic OH excluding ortho intramolecular Hbond substituents is 1. The van der Waals surface area contributed by atoms with Crippen LogP contribution >= 0.6 is 11.9 Å². The fourth-order valence-electron chi connectivity index (χ4n) is 2.92. The lowest BCUT2D eigenvalue weighted by Crippen LogP contribution is -2.31. The Kier molecular flexibility index (Phi) is 8.41. The maximum absolute atomic E-state index is 11.8. The van der Waals surface area contributed by atoms with Gasteiger partial charge in [0.2, 0.25) is 0 Å². The highest BCUT2D eigenvalue weighted by molar-refractivity contribution is 7.97. The molecular weight excluding hydrogens is 336 g/mol. The Hall–Kier alpha value is -1.40. The normalized spacial score (nSPS) is 15.0. The average Bonchev–Trinajstić information content (AvgIpc) is 3.04. The van der Waals surface area contributed by atoms with Crippen LogP contribution in [0.4, 0.5) is 4.79 Å². The van der Waals surface area contributed by atoms with Gasteiger partial charge in [-0.05, 0) is 68.2 Å². The van der Waals surface area contributed by atoms with Crippen molar-refractivity contribution in [3.8, 4) is 5.75 Å². The van der Waals surface area contributed by atoms with Crippen molar-refractivity contribution in [1.82, 2.24) is 9.62 Å². The first-order valence-corrected chi connectivity index (χ1v) is 9.96. The number of amides is 1. The van der Waals surface area contributed by atoms with E-state index in [2.05, 4.69) is 23.5 Å². The zero-order chi connectivity index (χ0) is 18.1. The maximum atomic E-state index is 11.8. The number of carbonyl (C=O) groups excluding carboxylic acids is 1. The van der Waals surface area contributed by atoms with Crippen LogP contribution in [0, 0.1) is 5.92 Å². The molecule has 6 heteroatoms. The molecule has 1 fully saturated rings. The molecule has 1 aromatic carbocycles.